The molecule has 84 valence electrons. The summed E-state index contributed by atoms with van der Waals surface area (Å²) in [5.74, 6) is 0.405. The van der Waals surface area contributed by atoms with Gasteiger partial charge in [0, 0.05) is 0 Å². The van der Waals surface area contributed by atoms with E-state index in [0.29, 0.717) is 12.4 Å². The fourth-order valence-electron chi connectivity index (χ4n) is 1.21. The SMILES string of the molecule is Fc1ccc(OCc2[c-]cccc2)cc1.[Br-].[Mg+2]. The Labute approximate surface area is 127 Å². The Hall–Kier alpha value is -0.584. The van der Waals surface area contributed by atoms with Crippen molar-refractivity contribution in [2.75, 3.05) is 0 Å². The van der Waals surface area contributed by atoms with Crippen LogP contribution in [0.15, 0.2) is 48.5 Å². The molecule has 0 atom stereocenters. The average molecular weight is 305 g/mol. The van der Waals surface area contributed by atoms with E-state index in [2.05, 4.69) is 6.07 Å². The van der Waals surface area contributed by atoms with Crippen LogP contribution in [0.3, 0.4) is 0 Å². The normalized spacial score (nSPS) is 8.76. The van der Waals surface area contributed by atoms with Crippen LogP contribution in [0.1, 0.15) is 5.56 Å². The Morgan fingerprint density at radius 1 is 1.06 bits per heavy atom. The van der Waals surface area contributed by atoms with Gasteiger partial charge in [-0.15, -0.1) is 5.56 Å². The molecule has 0 spiro atoms. The molecule has 0 saturated carbocycles. The molecule has 0 saturated heterocycles. The van der Waals surface area contributed by atoms with Crippen LogP contribution in [0.25, 0.3) is 0 Å². The van der Waals surface area contributed by atoms with Gasteiger partial charge in [-0.1, -0.05) is 0 Å². The quantitative estimate of drug-likeness (QED) is 0.565. The summed E-state index contributed by atoms with van der Waals surface area (Å²) in [5.41, 5.74) is 0.974. The van der Waals surface area contributed by atoms with Crippen LogP contribution in [-0.4, -0.2) is 23.1 Å². The van der Waals surface area contributed by atoms with E-state index >= 15 is 0 Å². The van der Waals surface area contributed by atoms with Crippen LogP contribution in [-0.2, 0) is 6.61 Å². The van der Waals surface area contributed by atoms with Gasteiger partial charge < -0.3 is 21.7 Å². The number of rotatable bonds is 3. The van der Waals surface area contributed by atoms with E-state index in [0.717, 1.165) is 5.56 Å². The van der Waals surface area contributed by atoms with E-state index in [4.69, 9.17) is 4.74 Å². The summed E-state index contributed by atoms with van der Waals surface area (Å²) in [6.07, 6.45) is 0. The van der Waals surface area contributed by atoms with Gasteiger partial charge in [-0.05, 0) is 24.3 Å². The van der Waals surface area contributed by atoms with Gasteiger partial charge in [-0.25, -0.2) is 4.39 Å². The molecule has 2 rings (SSSR count). The summed E-state index contributed by atoms with van der Waals surface area (Å²) in [5, 5.41) is 0. The Kier molecular flexibility index (Phi) is 8.21. The maximum absolute atomic E-state index is 12.6. The second-order valence-corrected chi connectivity index (χ2v) is 3.13. The molecule has 0 fully saturated rings. The average Bonchev–Trinajstić information content (AvgIpc) is 2.30. The minimum atomic E-state index is -0.256. The molecule has 0 unspecified atom stereocenters. The number of ether oxygens (including phenoxy) is 1. The topological polar surface area (TPSA) is 9.23 Å². The Bertz CT molecular complexity index is 419. The monoisotopic (exact) mass is 304 g/mol. The predicted molar refractivity (Wildman–Crippen MR) is 61.8 cm³/mol. The summed E-state index contributed by atoms with van der Waals surface area (Å²) in [6.45, 7) is 0.451. The summed E-state index contributed by atoms with van der Waals surface area (Å²) in [6, 6.07) is 16.6. The molecule has 0 aliphatic heterocycles. The van der Waals surface area contributed by atoms with Gasteiger partial charge in [-0.3, -0.25) is 0 Å². The predicted octanol–water partition coefficient (Wildman–Crippen LogP) is -0.172. The molecule has 0 bridgehead atoms. The van der Waals surface area contributed by atoms with Crippen LogP contribution in [0.4, 0.5) is 4.39 Å². The van der Waals surface area contributed by atoms with Crippen LogP contribution in [0.5, 0.6) is 5.75 Å². The fourth-order valence-corrected chi connectivity index (χ4v) is 1.21. The smallest absolute Gasteiger partial charge is 1.00 e. The van der Waals surface area contributed by atoms with Crippen molar-refractivity contribution in [2.24, 2.45) is 0 Å². The van der Waals surface area contributed by atoms with Crippen molar-refractivity contribution in [3.05, 3.63) is 66.0 Å². The number of hydrogen-bond acceptors (Lipinski definition) is 1. The van der Waals surface area contributed by atoms with E-state index in [-0.39, 0.29) is 45.9 Å². The molecular weight excluding hydrogens is 295 g/mol. The minimum absolute atomic E-state index is 0. The standard InChI is InChI=1S/C13H10FO.BrH.Mg/c14-12-6-8-13(9-7-12)15-10-11-4-2-1-3-5-11;;/h1-4,6-9H,10H2;1H;/q-1;;+2/p-1. The van der Waals surface area contributed by atoms with Crippen LogP contribution < -0.4 is 21.7 Å². The first kappa shape index (κ1) is 16.4. The molecule has 2 aromatic carbocycles. The molecule has 17 heavy (non-hydrogen) atoms. The third kappa shape index (κ3) is 5.52. The van der Waals surface area contributed by atoms with Crippen molar-refractivity contribution in [1.82, 2.24) is 0 Å². The number of benzene rings is 2. The van der Waals surface area contributed by atoms with E-state index < -0.39 is 0 Å². The summed E-state index contributed by atoms with van der Waals surface area (Å²) >= 11 is 0. The second kappa shape index (κ2) is 8.50. The zero-order chi connectivity index (χ0) is 10.5. The van der Waals surface area contributed by atoms with Crippen molar-refractivity contribution in [1.29, 1.82) is 0 Å². The minimum Gasteiger partial charge on any atom is -1.00 e. The van der Waals surface area contributed by atoms with Crippen molar-refractivity contribution < 1.29 is 26.1 Å². The zero-order valence-electron chi connectivity index (χ0n) is 9.20. The molecule has 0 radical (unpaired) electrons. The first-order valence-electron chi connectivity index (χ1n) is 4.68. The fraction of sp³-hybridized carbons (Fsp3) is 0.0769. The maximum atomic E-state index is 12.6. The van der Waals surface area contributed by atoms with Crippen molar-refractivity contribution >= 4 is 23.1 Å². The van der Waals surface area contributed by atoms with Crippen molar-refractivity contribution in [2.45, 2.75) is 6.61 Å². The van der Waals surface area contributed by atoms with Crippen molar-refractivity contribution in [3.63, 3.8) is 0 Å². The van der Waals surface area contributed by atoms with E-state index in [1.165, 1.54) is 12.1 Å². The van der Waals surface area contributed by atoms with Gasteiger partial charge in [0.25, 0.3) is 0 Å². The summed E-state index contributed by atoms with van der Waals surface area (Å²) < 4.78 is 18.0. The molecule has 1 nitrogen and oxygen atoms in total. The molecule has 0 amide bonds. The first-order chi connectivity index (χ1) is 7.34. The van der Waals surface area contributed by atoms with Gasteiger partial charge in [-0.2, -0.15) is 30.3 Å². The van der Waals surface area contributed by atoms with Crippen molar-refractivity contribution in [3.8, 4) is 5.75 Å². The molecular formula is C13H10BrFMgO. The van der Waals surface area contributed by atoms with Gasteiger partial charge in [0.15, 0.2) is 0 Å². The van der Waals surface area contributed by atoms with Crippen LogP contribution >= 0.6 is 0 Å². The molecule has 0 aliphatic rings. The Morgan fingerprint density at radius 3 is 2.35 bits per heavy atom. The molecule has 0 aliphatic carbocycles. The molecule has 2 aromatic rings. The Balaban J connectivity index is 0.00000128. The van der Waals surface area contributed by atoms with Crippen LogP contribution in [0, 0.1) is 11.9 Å². The number of hydrogen-bond donors (Lipinski definition) is 0. The van der Waals surface area contributed by atoms with E-state index in [9.17, 15) is 4.39 Å². The van der Waals surface area contributed by atoms with Gasteiger partial charge >= 0.3 is 23.1 Å². The summed E-state index contributed by atoms with van der Waals surface area (Å²) in [4.78, 5) is 0. The molecule has 0 aromatic heterocycles. The zero-order valence-corrected chi connectivity index (χ0v) is 12.2. The second-order valence-electron chi connectivity index (χ2n) is 3.13. The van der Waals surface area contributed by atoms with Gasteiger partial charge in [0.2, 0.25) is 0 Å². The largest absolute Gasteiger partial charge is 2.00 e. The van der Waals surface area contributed by atoms with Gasteiger partial charge in [0.05, 0.1) is 6.61 Å². The van der Waals surface area contributed by atoms with E-state index in [1.54, 1.807) is 12.1 Å². The first-order valence-corrected chi connectivity index (χ1v) is 4.68. The molecule has 4 heteroatoms. The molecule has 0 heterocycles. The maximum Gasteiger partial charge on any atom is 2.00 e. The van der Waals surface area contributed by atoms with Crippen LogP contribution in [0.2, 0.25) is 0 Å². The Morgan fingerprint density at radius 2 is 1.76 bits per heavy atom. The number of halogens is 2. The van der Waals surface area contributed by atoms with E-state index in [1.807, 2.05) is 24.3 Å². The van der Waals surface area contributed by atoms with Gasteiger partial charge in [0.1, 0.15) is 11.6 Å². The summed E-state index contributed by atoms with van der Waals surface area (Å²) in [7, 11) is 0. The third-order valence-electron chi connectivity index (χ3n) is 1.98. The third-order valence-corrected chi connectivity index (χ3v) is 1.98. The molecule has 0 N–H and O–H groups in total.